The van der Waals surface area contributed by atoms with Crippen LogP contribution in [0.4, 0.5) is 0 Å². The van der Waals surface area contributed by atoms with Crippen LogP contribution >= 0.6 is 0 Å². The molecule has 4 nitrogen and oxygen atoms in total. The van der Waals surface area contributed by atoms with E-state index in [-0.39, 0.29) is 12.3 Å². The Bertz CT molecular complexity index is 317. The number of carboxylic acid groups (broad SMARTS) is 1. The van der Waals surface area contributed by atoms with Crippen molar-refractivity contribution in [2.24, 2.45) is 7.05 Å². The zero-order valence-corrected chi connectivity index (χ0v) is 8.11. The maximum Gasteiger partial charge on any atom is 0.304 e. The molecule has 1 aromatic heterocycles. The van der Waals surface area contributed by atoms with Gasteiger partial charge in [-0.2, -0.15) is 0 Å². The molecule has 1 N–H and O–H groups in total. The molecule has 0 aromatic carbocycles. The minimum Gasteiger partial charge on any atom is -0.481 e. The smallest absolute Gasteiger partial charge is 0.304 e. The lowest BCUT2D eigenvalue weighted by molar-refractivity contribution is -0.137. The zero-order chi connectivity index (χ0) is 10.0. The van der Waals surface area contributed by atoms with Gasteiger partial charge in [0.25, 0.3) is 0 Å². The number of aliphatic carboxylic acids is 1. The van der Waals surface area contributed by atoms with Gasteiger partial charge in [-0.05, 0) is 6.92 Å². The van der Waals surface area contributed by atoms with Gasteiger partial charge in [0.05, 0.1) is 18.4 Å². The first kappa shape index (κ1) is 9.77. The van der Waals surface area contributed by atoms with E-state index in [4.69, 9.17) is 5.11 Å². The summed E-state index contributed by atoms with van der Waals surface area (Å²) in [6, 6.07) is 0. The molecule has 0 saturated carbocycles. The minimum absolute atomic E-state index is 0.0151. The molecule has 0 amide bonds. The highest BCUT2D eigenvalue weighted by molar-refractivity contribution is 5.67. The van der Waals surface area contributed by atoms with Gasteiger partial charge < -0.3 is 9.67 Å². The standard InChI is InChI=1S/C9H14N2O2/c1-6(4-8(12)13)9-7(2)11(3)5-10-9/h5-6H,4H2,1-3H3,(H,12,13). The van der Waals surface area contributed by atoms with Gasteiger partial charge in [-0.15, -0.1) is 0 Å². The second kappa shape index (κ2) is 3.60. The number of nitrogens with zero attached hydrogens (tertiary/aromatic N) is 2. The minimum atomic E-state index is -0.780. The molecule has 4 heteroatoms. The van der Waals surface area contributed by atoms with E-state index >= 15 is 0 Å². The molecule has 0 saturated heterocycles. The van der Waals surface area contributed by atoms with Crippen molar-refractivity contribution in [1.29, 1.82) is 0 Å². The molecular formula is C9H14N2O2. The molecular weight excluding hydrogens is 168 g/mol. The first-order valence-corrected chi connectivity index (χ1v) is 4.22. The van der Waals surface area contributed by atoms with Gasteiger partial charge in [0.15, 0.2) is 0 Å². The van der Waals surface area contributed by atoms with Crippen LogP contribution in [0.3, 0.4) is 0 Å². The summed E-state index contributed by atoms with van der Waals surface area (Å²) >= 11 is 0. The maximum absolute atomic E-state index is 10.5. The summed E-state index contributed by atoms with van der Waals surface area (Å²) in [6.07, 6.45) is 1.85. The van der Waals surface area contributed by atoms with Gasteiger partial charge >= 0.3 is 5.97 Å². The summed E-state index contributed by atoms with van der Waals surface area (Å²) in [7, 11) is 1.90. The fraction of sp³-hybridized carbons (Fsp3) is 0.556. The van der Waals surface area contributed by atoms with E-state index in [0.717, 1.165) is 11.4 Å². The van der Waals surface area contributed by atoms with E-state index in [1.165, 1.54) is 0 Å². The number of rotatable bonds is 3. The second-order valence-corrected chi connectivity index (χ2v) is 3.33. The first-order chi connectivity index (χ1) is 6.02. The highest BCUT2D eigenvalue weighted by Crippen LogP contribution is 2.19. The summed E-state index contributed by atoms with van der Waals surface area (Å²) in [5, 5.41) is 8.61. The van der Waals surface area contributed by atoms with Crippen molar-refractivity contribution in [2.45, 2.75) is 26.2 Å². The van der Waals surface area contributed by atoms with E-state index in [9.17, 15) is 4.79 Å². The van der Waals surface area contributed by atoms with Crippen molar-refractivity contribution in [3.8, 4) is 0 Å². The van der Waals surface area contributed by atoms with Crippen LogP contribution in [0.1, 0.15) is 30.7 Å². The molecule has 1 unspecified atom stereocenters. The average Bonchev–Trinajstić information content (AvgIpc) is 2.31. The number of hydrogen-bond donors (Lipinski definition) is 1. The maximum atomic E-state index is 10.5. The Morgan fingerprint density at radius 3 is 2.77 bits per heavy atom. The van der Waals surface area contributed by atoms with Crippen LogP contribution in [-0.4, -0.2) is 20.6 Å². The fourth-order valence-corrected chi connectivity index (χ4v) is 1.35. The van der Waals surface area contributed by atoms with E-state index in [1.807, 2.05) is 25.5 Å². The lowest BCUT2D eigenvalue weighted by Gasteiger charge is -2.06. The predicted molar refractivity (Wildman–Crippen MR) is 48.6 cm³/mol. The van der Waals surface area contributed by atoms with Crippen LogP contribution in [0, 0.1) is 6.92 Å². The number of imidazole rings is 1. The van der Waals surface area contributed by atoms with Gasteiger partial charge in [-0.3, -0.25) is 4.79 Å². The Hall–Kier alpha value is -1.32. The largest absolute Gasteiger partial charge is 0.481 e. The Morgan fingerprint density at radius 2 is 2.38 bits per heavy atom. The van der Waals surface area contributed by atoms with Crippen LogP contribution in [-0.2, 0) is 11.8 Å². The highest BCUT2D eigenvalue weighted by atomic mass is 16.4. The van der Waals surface area contributed by atoms with Crippen molar-refractivity contribution in [1.82, 2.24) is 9.55 Å². The lowest BCUT2D eigenvalue weighted by Crippen LogP contribution is -2.05. The number of aromatic nitrogens is 2. The van der Waals surface area contributed by atoms with Crippen LogP contribution in [0.5, 0.6) is 0 Å². The molecule has 0 spiro atoms. The number of aryl methyl sites for hydroxylation is 1. The Morgan fingerprint density at radius 1 is 1.77 bits per heavy atom. The molecule has 0 aliphatic carbocycles. The number of hydrogen-bond acceptors (Lipinski definition) is 2. The highest BCUT2D eigenvalue weighted by Gasteiger charge is 2.15. The predicted octanol–water partition coefficient (Wildman–Crippen LogP) is 1.31. The van der Waals surface area contributed by atoms with Crippen molar-refractivity contribution < 1.29 is 9.90 Å². The third-order valence-corrected chi connectivity index (χ3v) is 2.22. The second-order valence-electron chi connectivity index (χ2n) is 3.33. The third-order valence-electron chi connectivity index (χ3n) is 2.22. The van der Waals surface area contributed by atoms with Crippen molar-refractivity contribution in [3.05, 3.63) is 17.7 Å². The molecule has 13 heavy (non-hydrogen) atoms. The zero-order valence-electron chi connectivity index (χ0n) is 8.11. The van der Waals surface area contributed by atoms with Crippen LogP contribution in [0.15, 0.2) is 6.33 Å². The van der Waals surface area contributed by atoms with Crippen molar-refractivity contribution in [2.75, 3.05) is 0 Å². The molecule has 1 heterocycles. The van der Waals surface area contributed by atoms with Gasteiger partial charge in [-0.25, -0.2) is 4.98 Å². The molecule has 1 rings (SSSR count). The quantitative estimate of drug-likeness (QED) is 0.766. The van der Waals surface area contributed by atoms with Gasteiger partial charge in [0.1, 0.15) is 0 Å². The summed E-state index contributed by atoms with van der Waals surface area (Å²) in [5.41, 5.74) is 1.92. The van der Waals surface area contributed by atoms with Crippen molar-refractivity contribution >= 4 is 5.97 Å². The normalized spacial score (nSPS) is 12.8. The first-order valence-electron chi connectivity index (χ1n) is 4.22. The topological polar surface area (TPSA) is 55.1 Å². The summed E-state index contributed by atoms with van der Waals surface area (Å²) in [4.78, 5) is 14.6. The van der Waals surface area contributed by atoms with Gasteiger partial charge in [0, 0.05) is 18.7 Å². The molecule has 0 aliphatic heterocycles. The number of carbonyl (C=O) groups is 1. The SMILES string of the molecule is Cc1c(C(C)CC(=O)O)ncn1C. The van der Waals surface area contributed by atoms with Gasteiger partial charge in [-0.1, -0.05) is 6.92 Å². The molecule has 0 radical (unpaired) electrons. The van der Waals surface area contributed by atoms with Crippen LogP contribution < -0.4 is 0 Å². The molecule has 0 fully saturated rings. The van der Waals surface area contributed by atoms with E-state index in [2.05, 4.69) is 4.98 Å². The summed E-state index contributed by atoms with van der Waals surface area (Å²) in [5.74, 6) is -0.795. The Labute approximate surface area is 77.2 Å². The van der Waals surface area contributed by atoms with Gasteiger partial charge in [0.2, 0.25) is 0 Å². The Balaban J connectivity index is 2.82. The van der Waals surface area contributed by atoms with E-state index in [1.54, 1.807) is 6.33 Å². The van der Waals surface area contributed by atoms with Crippen LogP contribution in [0.25, 0.3) is 0 Å². The Kier molecular flexibility index (Phi) is 2.70. The molecule has 0 aliphatic rings. The summed E-state index contributed by atoms with van der Waals surface area (Å²) < 4.78 is 1.90. The average molecular weight is 182 g/mol. The van der Waals surface area contributed by atoms with Crippen LogP contribution in [0.2, 0.25) is 0 Å². The van der Waals surface area contributed by atoms with E-state index in [0.29, 0.717) is 0 Å². The van der Waals surface area contributed by atoms with Crippen molar-refractivity contribution in [3.63, 3.8) is 0 Å². The third kappa shape index (κ3) is 2.08. The summed E-state index contributed by atoms with van der Waals surface area (Å²) in [6.45, 7) is 3.82. The molecule has 1 atom stereocenters. The monoisotopic (exact) mass is 182 g/mol. The molecule has 72 valence electrons. The fourth-order valence-electron chi connectivity index (χ4n) is 1.35. The number of carboxylic acids is 1. The molecule has 0 bridgehead atoms. The van der Waals surface area contributed by atoms with E-state index < -0.39 is 5.97 Å². The molecule has 1 aromatic rings. The lowest BCUT2D eigenvalue weighted by atomic mass is 10.0.